The third-order valence-corrected chi connectivity index (χ3v) is 2.21. The van der Waals surface area contributed by atoms with Gasteiger partial charge in [0.2, 0.25) is 0 Å². The van der Waals surface area contributed by atoms with Gasteiger partial charge >= 0.3 is 0 Å². The third-order valence-electron chi connectivity index (χ3n) is 1.61. The molecule has 0 atom stereocenters. The lowest BCUT2D eigenvalue weighted by Crippen LogP contribution is -2.02. The highest BCUT2D eigenvalue weighted by Gasteiger charge is 2.08. The average molecular weight is 265 g/mol. The Kier molecular flexibility index (Phi) is 4.31. The zero-order chi connectivity index (χ0) is 10.6. The molecule has 0 spiro atoms. The Balaban J connectivity index is 2.95. The van der Waals surface area contributed by atoms with Crippen molar-refractivity contribution >= 4 is 15.9 Å². The normalized spacial score (nSPS) is 10.3. The van der Waals surface area contributed by atoms with Crippen molar-refractivity contribution in [2.24, 2.45) is 0 Å². The molecule has 1 N–H and O–H groups in total. The zero-order valence-electron chi connectivity index (χ0n) is 7.59. The van der Waals surface area contributed by atoms with Gasteiger partial charge < -0.3 is 14.6 Å². The third kappa shape index (κ3) is 2.67. The predicted molar refractivity (Wildman–Crippen MR) is 52.5 cm³/mol. The number of halogens is 2. The molecule has 0 aliphatic carbocycles. The minimum atomic E-state index is -0.437. The molecule has 0 radical (unpaired) electrons. The highest BCUT2D eigenvalue weighted by atomic mass is 79.9. The summed E-state index contributed by atoms with van der Waals surface area (Å²) in [6, 6.07) is 2.68. The molecule has 0 saturated heterocycles. The van der Waals surface area contributed by atoms with Crippen LogP contribution in [0.4, 0.5) is 4.39 Å². The van der Waals surface area contributed by atoms with Gasteiger partial charge in [0, 0.05) is 18.7 Å². The molecule has 3 nitrogen and oxygen atoms in total. The van der Waals surface area contributed by atoms with E-state index < -0.39 is 5.82 Å². The highest BCUT2D eigenvalue weighted by molar-refractivity contribution is 9.10. The number of aliphatic hydroxyl groups is 1. The van der Waals surface area contributed by atoms with Crippen LogP contribution in [0.3, 0.4) is 0 Å². The number of methoxy groups -OCH3 is 1. The predicted octanol–water partition coefficient (Wildman–Crippen LogP) is 2.06. The molecule has 0 aromatic heterocycles. The van der Waals surface area contributed by atoms with E-state index in [0.29, 0.717) is 10.0 Å². The first-order valence-corrected chi connectivity index (χ1v) is 4.69. The monoisotopic (exact) mass is 264 g/mol. The highest BCUT2D eigenvalue weighted by Crippen LogP contribution is 2.26. The summed E-state index contributed by atoms with van der Waals surface area (Å²) in [6.45, 7) is -0.188. The van der Waals surface area contributed by atoms with Crippen molar-refractivity contribution < 1.29 is 19.0 Å². The Bertz CT molecular complexity index is 317. The van der Waals surface area contributed by atoms with Crippen molar-refractivity contribution in [1.82, 2.24) is 0 Å². The van der Waals surface area contributed by atoms with Crippen LogP contribution in [0.15, 0.2) is 16.6 Å². The number of ether oxygens (including phenoxy) is 2. The standard InChI is InChI=1S/C9H10BrFO3/c1-13-5-14-9-3-8(11)7(10)2-6(9)4-12/h2-3,12H,4-5H2,1H3. The van der Waals surface area contributed by atoms with E-state index in [4.69, 9.17) is 9.84 Å². The smallest absolute Gasteiger partial charge is 0.188 e. The Hall–Kier alpha value is -0.650. The van der Waals surface area contributed by atoms with E-state index >= 15 is 0 Å². The second-order valence-corrected chi connectivity index (χ2v) is 3.44. The average Bonchev–Trinajstić information content (AvgIpc) is 2.19. The Morgan fingerprint density at radius 2 is 2.21 bits per heavy atom. The number of rotatable bonds is 4. The maximum Gasteiger partial charge on any atom is 0.188 e. The van der Waals surface area contributed by atoms with Gasteiger partial charge in [-0.2, -0.15) is 0 Å². The van der Waals surface area contributed by atoms with Gasteiger partial charge in [0.1, 0.15) is 11.6 Å². The van der Waals surface area contributed by atoms with Crippen molar-refractivity contribution in [2.75, 3.05) is 13.9 Å². The summed E-state index contributed by atoms with van der Waals surface area (Å²) < 4.78 is 23.1. The lowest BCUT2D eigenvalue weighted by atomic mass is 10.2. The molecule has 0 aliphatic rings. The molecule has 0 fully saturated rings. The van der Waals surface area contributed by atoms with Crippen LogP contribution >= 0.6 is 15.9 Å². The van der Waals surface area contributed by atoms with Crippen molar-refractivity contribution in [3.63, 3.8) is 0 Å². The Morgan fingerprint density at radius 3 is 2.79 bits per heavy atom. The second-order valence-electron chi connectivity index (χ2n) is 2.58. The molecule has 78 valence electrons. The summed E-state index contributed by atoms with van der Waals surface area (Å²) in [4.78, 5) is 0. The largest absolute Gasteiger partial charge is 0.467 e. The molecular weight excluding hydrogens is 255 g/mol. The summed E-state index contributed by atoms with van der Waals surface area (Å²) >= 11 is 3.02. The van der Waals surface area contributed by atoms with Gasteiger partial charge in [0.25, 0.3) is 0 Å². The van der Waals surface area contributed by atoms with Crippen LogP contribution in [0.2, 0.25) is 0 Å². The summed E-state index contributed by atoms with van der Waals surface area (Å²) in [5.74, 6) is -0.150. The summed E-state index contributed by atoms with van der Waals surface area (Å²) in [5, 5.41) is 8.97. The van der Waals surface area contributed by atoms with E-state index in [-0.39, 0.29) is 19.1 Å². The van der Waals surface area contributed by atoms with Crippen LogP contribution in [-0.2, 0) is 11.3 Å². The summed E-state index contributed by atoms with van der Waals surface area (Å²) in [5.41, 5.74) is 0.510. The SMILES string of the molecule is COCOc1cc(F)c(Br)cc1CO. The second kappa shape index (κ2) is 5.29. The molecule has 0 unspecified atom stereocenters. The van der Waals surface area contributed by atoms with Crippen molar-refractivity contribution in [3.8, 4) is 5.75 Å². The van der Waals surface area contributed by atoms with Gasteiger partial charge in [-0.25, -0.2) is 4.39 Å². The number of hydrogen-bond donors (Lipinski definition) is 1. The van der Waals surface area contributed by atoms with Crippen LogP contribution < -0.4 is 4.74 Å². The van der Waals surface area contributed by atoms with Crippen LogP contribution in [0.1, 0.15) is 5.56 Å². The van der Waals surface area contributed by atoms with Gasteiger partial charge in [0.15, 0.2) is 6.79 Å². The van der Waals surface area contributed by atoms with E-state index in [1.165, 1.54) is 19.2 Å². The first kappa shape index (κ1) is 11.4. The maximum absolute atomic E-state index is 13.1. The van der Waals surface area contributed by atoms with E-state index in [1.807, 2.05) is 0 Å². The molecule has 0 heterocycles. The first-order valence-electron chi connectivity index (χ1n) is 3.89. The lowest BCUT2D eigenvalue weighted by molar-refractivity contribution is 0.0492. The van der Waals surface area contributed by atoms with Gasteiger partial charge in [-0.1, -0.05) is 0 Å². The molecular formula is C9H10BrFO3. The van der Waals surface area contributed by atoms with Crippen molar-refractivity contribution in [3.05, 3.63) is 28.0 Å². The lowest BCUT2D eigenvalue weighted by Gasteiger charge is -2.09. The first-order chi connectivity index (χ1) is 6.69. The van der Waals surface area contributed by atoms with Crippen LogP contribution in [-0.4, -0.2) is 19.0 Å². The Morgan fingerprint density at radius 1 is 1.50 bits per heavy atom. The molecule has 1 rings (SSSR count). The van der Waals surface area contributed by atoms with E-state index in [1.54, 1.807) is 0 Å². The molecule has 5 heteroatoms. The molecule has 0 aliphatic heterocycles. The van der Waals surface area contributed by atoms with Crippen LogP contribution in [0, 0.1) is 5.82 Å². The van der Waals surface area contributed by atoms with E-state index in [0.717, 1.165) is 0 Å². The van der Waals surface area contributed by atoms with Gasteiger partial charge in [-0.3, -0.25) is 0 Å². The Labute approximate surface area is 89.6 Å². The fourth-order valence-electron chi connectivity index (χ4n) is 0.950. The minimum Gasteiger partial charge on any atom is -0.467 e. The van der Waals surface area contributed by atoms with Crippen LogP contribution in [0.25, 0.3) is 0 Å². The van der Waals surface area contributed by atoms with Crippen molar-refractivity contribution in [2.45, 2.75) is 6.61 Å². The number of hydrogen-bond acceptors (Lipinski definition) is 3. The molecule has 0 saturated carbocycles. The van der Waals surface area contributed by atoms with Gasteiger partial charge in [-0.05, 0) is 22.0 Å². The van der Waals surface area contributed by atoms with Crippen molar-refractivity contribution in [1.29, 1.82) is 0 Å². The molecule has 14 heavy (non-hydrogen) atoms. The van der Waals surface area contributed by atoms with E-state index in [9.17, 15) is 4.39 Å². The fraction of sp³-hybridized carbons (Fsp3) is 0.333. The number of benzene rings is 1. The topological polar surface area (TPSA) is 38.7 Å². The fourth-order valence-corrected chi connectivity index (χ4v) is 1.34. The zero-order valence-corrected chi connectivity index (χ0v) is 9.17. The molecule has 0 bridgehead atoms. The minimum absolute atomic E-state index is 0.0219. The summed E-state index contributed by atoms with van der Waals surface area (Å²) in [7, 11) is 1.47. The summed E-state index contributed by atoms with van der Waals surface area (Å²) in [6.07, 6.45) is 0. The van der Waals surface area contributed by atoms with E-state index in [2.05, 4.69) is 20.7 Å². The quantitative estimate of drug-likeness (QED) is 0.847. The van der Waals surface area contributed by atoms with Gasteiger partial charge in [0.05, 0.1) is 11.1 Å². The number of aliphatic hydroxyl groups excluding tert-OH is 1. The molecule has 1 aromatic carbocycles. The molecule has 1 aromatic rings. The van der Waals surface area contributed by atoms with Crippen LogP contribution in [0.5, 0.6) is 5.75 Å². The maximum atomic E-state index is 13.1. The van der Waals surface area contributed by atoms with Gasteiger partial charge in [-0.15, -0.1) is 0 Å². The molecule has 0 amide bonds.